The first kappa shape index (κ1) is 43.0. The SMILES string of the molecule is CC(C)(C)OC(=O)N1CCCN(S(=O)(=O)c2cc(C#N)ccc2F)CC1.CC(C)(C)OC(=O)N1CCCN(S(=O)(=O)c2cc(C(N)=O)ccc2F)CC1. The van der Waals surface area contributed by atoms with Gasteiger partial charge in [-0.05, 0) is 90.8 Å². The van der Waals surface area contributed by atoms with Crippen LogP contribution in [-0.4, -0.2) is 117 Å². The molecule has 53 heavy (non-hydrogen) atoms. The fourth-order valence-electron chi connectivity index (χ4n) is 5.19. The van der Waals surface area contributed by atoms with Gasteiger partial charge in [0.2, 0.25) is 26.0 Å². The number of amides is 3. The van der Waals surface area contributed by atoms with E-state index in [1.165, 1.54) is 15.9 Å². The number of sulfonamides is 2. The summed E-state index contributed by atoms with van der Waals surface area (Å²) in [6.45, 7) is 11.7. The van der Waals surface area contributed by atoms with Gasteiger partial charge in [-0.1, -0.05) is 0 Å². The lowest BCUT2D eigenvalue weighted by molar-refractivity contribution is 0.0250. The Morgan fingerprint density at radius 2 is 1.09 bits per heavy atom. The molecule has 0 atom stereocenters. The number of halogens is 2. The van der Waals surface area contributed by atoms with E-state index in [9.17, 15) is 40.0 Å². The van der Waals surface area contributed by atoms with Gasteiger partial charge < -0.3 is 25.0 Å². The van der Waals surface area contributed by atoms with E-state index in [1.54, 1.807) is 47.6 Å². The molecular weight excluding hydrogens is 739 g/mol. The fraction of sp³-hybridized carbons (Fsp3) is 0.529. The molecule has 4 rings (SSSR count). The molecule has 0 radical (unpaired) electrons. The smallest absolute Gasteiger partial charge is 0.410 e. The third kappa shape index (κ3) is 11.8. The van der Waals surface area contributed by atoms with Crippen LogP contribution in [0.1, 0.15) is 70.3 Å². The quantitative estimate of drug-likeness (QED) is 0.464. The monoisotopic (exact) mass is 784 g/mol. The van der Waals surface area contributed by atoms with Crippen LogP contribution < -0.4 is 5.73 Å². The van der Waals surface area contributed by atoms with Crippen molar-refractivity contribution in [1.82, 2.24) is 18.4 Å². The molecule has 2 aliphatic rings. The summed E-state index contributed by atoms with van der Waals surface area (Å²) in [6.07, 6.45) is -0.258. The summed E-state index contributed by atoms with van der Waals surface area (Å²) >= 11 is 0. The molecule has 2 N–H and O–H groups in total. The highest BCUT2D eigenvalue weighted by Gasteiger charge is 2.33. The summed E-state index contributed by atoms with van der Waals surface area (Å²) < 4.78 is 92.3. The third-order valence-corrected chi connectivity index (χ3v) is 11.6. The van der Waals surface area contributed by atoms with Gasteiger partial charge in [-0.2, -0.15) is 13.9 Å². The Bertz CT molecular complexity index is 1940. The number of nitriles is 1. The van der Waals surface area contributed by atoms with Crippen LogP contribution in [0.3, 0.4) is 0 Å². The summed E-state index contributed by atoms with van der Waals surface area (Å²) in [5.41, 5.74) is 3.82. The first-order valence-electron chi connectivity index (χ1n) is 16.7. The Kier molecular flexibility index (Phi) is 13.9. The zero-order chi connectivity index (χ0) is 39.9. The van der Waals surface area contributed by atoms with Crippen LogP contribution in [0, 0.1) is 23.0 Å². The molecule has 0 aliphatic carbocycles. The molecule has 0 aromatic heterocycles. The van der Waals surface area contributed by atoms with E-state index in [-0.39, 0.29) is 50.4 Å². The molecule has 0 bridgehead atoms. The molecule has 2 aromatic rings. The highest BCUT2D eigenvalue weighted by atomic mass is 32.2. The number of ether oxygens (including phenoxy) is 2. The van der Waals surface area contributed by atoms with Gasteiger partial charge in [0.15, 0.2) is 0 Å². The van der Waals surface area contributed by atoms with Crippen LogP contribution >= 0.6 is 0 Å². The molecule has 292 valence electrons. The highest BCUT2D eigenvalue weighted by Crippen LogP contribution is 2.24. The van der Waals surface area contributed by atoms with Crippen LogP contribution in [0.25, 0.3) is 0 Å². The van der Waals surface area contributed by atoms with Crippen LogP contribution in [0.2, 0.25) is 0 Å². The summed E-state index contributed by atoms with van der Waals surface area (Å²) in [6, 6.07) is 7.99. The third-order valence-electron chi connectivity index (χ3n) is 7.72. The zero-order valence-electron chi connectivity index (χ0n) is 30.6. The lowest BCUT2D eigenvalue weighted by Crippen LogP contribution is -2.40. The molecule has 2 aromatic carbocycles. The average molecular weight is 785 g/mol. The van der Waals surface area contributed by atoms with E-state index < -0.39 is 70.8 Å². The molecule has 0 spiro atoms. The minimum Gasteiger partial charge on any atom is -0.444 e. The van der Waals surface area contributed by atoms with Gasteiger partial charge in [0.25, 0.3) is 0 Å². The molecule has 2 fully saturated rings. The van der Waals surface area contributed by atoms with Gasteiger partial charge >= 0.3 is 12.2 Å². The van der Waals surface area contributed by atoms with E-state index >= 15 is 0 Å². The van der Waals surface area contributed by atoms with Crippen molar-refractivity contribution in [2.75, 3.05) is 52.4 Å². The number of carbonyl (C=O) groups excluding carboxylic acids is 3. The Hall–Kier alpha value is -4.38. The van der Waals surface area contributed by atoms with E-state index in [4.69, 9.17) is 20.5 Å². The van der Waals surface area contributed by atoms with Crippen LogP contribution in [-0.2, 0) is 29.5 Å². The normalized spacial score (nSPS) is 16.7. The molecule has 0 saturated carbocycles. The molecular formula is C34H46F2N6O9S2. The first-order chi connectivity index (χ1) is 24.5. The second kappa shape index (κ2) is 17.2. The van der Waals surface area contributed by atoms with E-state index in [0.717, 1.165) is 38.9 Å². The van der Waals surface area contributed by atoms with E-state index in [1.807, 2.05) is 0 Å². The molecule has 2 aliphatic heterocycles. The number of nitrogens with zero attached hydrogens (tertiary/aromatic N) is 5. The number of benzene rings is 2. The number of hydrogen-bond donors (Lipinski definition) is 1. The van der Waals surface area contributed by atoms with Crippen molar-refractivity contribution in [3.63, 3.8) is 0 Å². The summed E-state index contributed by atoms with van der Waals surface area (Å²) in [7, 11) is -8.29. The molecule has 19 heteroatoms. The Morgan fingerprint density at radius 1 is 0.679 bits per heavy atom. The van der Waals surface area contributed by atoms with Crippen LogP contribution in [0.15, 0.2) is 46.2 Å². The highest BCUT2D eigenvalue weighted by molar-refractivity contribution is 7.89. The molecule has 15 nitrogen and oxygen atoms in total. The maximum absolute atomic E-state index is 14.1. The second-order valence-corrected chi connectivity index (χ2v) is 18.0. The summed E-state index contributed by atoms with van der Waals surface area (Å²) in [5.74, 6) is -2.72. The number of hydrogen-bond acceptors (Lipinski definition) is 10. The largest absolute Gasteiger partial charge is 0.444 e. The lowest BCUT2D eigenvalue weighted by atomic mass is 10.2. The lowest BCUT2D eigenvalue weighted by Gasteiger charge is -2.26. The number of rotatable bonds is 5. The van der Waals surface area contributed by atoms with Gasteiger partial charge in [0, 0.05) is 57.9 Å². The molecule has 3 amide bonds. The summed E-state index contributed by atoms with van der Waals surface area (Å²) in [4.78, 5) is 37.4. The Labute approximate surface area is 309 Å². The number of nitrogens with two attached hydrogens (primary N) is 1. The maximum Gasteiger partial charge on any atom is 0.410 e. The first-order valence-corrected chi connectivity index (χ1v) is 19.6. The molecule has 2 heterocycles. The van der Waals surface area contributed by atoms with E-state index in [2.05, 4.69) is 0 Å². The minimum atomic E-state index is -4.18. The maximum atomic E-state index is 14.1. The van der Waals surface area contributed by atoms with Crippen molar-refractivity contribution < 1.29 is 49.5 Å². The minimum absolute atomic E-state index is 0.0121. The predicted octanol–water partition coefficient (Wildman–Crippen LogP) is 3.88. The summed E-state index contributed by atoms with van der Waals surface area (Å²) in [5, 5.41) is 8.92. The van der Waals surface area contributed by atoms with Crippen molar-refractivity contribution in [3.05, 3.63) is 59.2 Å². The van der Waals surface area contributed by atoms with Crippen LogP contribution in [0.5, 0.6) is 0 Å². The van der Waals surface area contributed by atoms with Gasteiger partial charge in [-0.15, -0.1) is 0 Å². The number of primary amides is 1. The van der Waals surface area contributed by atoms with Gasteiger partial charge in [0.05, 0.1) is 11.6 Å². The predicted molar refractivity (Wildman–Crippen MR) is 188 cm³/mol. The van der Waals surface area contributed by atoms with Gasteiger partial charge in [-0.3, -0.25) is 4.79 Å². The van der Waals surface area contributed by atoms with Crippen molar-refractivity contribution in [1.29, 1.82) is 5.26 Å². The average Bonchev–Trinajstić information content (AvgIpc) is 3.47. The van der Waals surface area contributed by atoms with Crippen molar-refractivity contribution in [3.8, 4) is 6.07 Å². The van der Waals surface area contributed by atoms with Crippen molar-refractivity contribution >= 4 is 38.1 Å². The molecule has 0 unspecified atom stereocenters. The van der Waals surface area contributed by atoms with Gasteiger partial charge in [0.1, 0.15) is 32.6 Å². The molecule has 2 saturated heterocycles. The second-order valence-electron chi connectivity index (χ2n) is 14.2. The van der Waals surface area contributed by atoms with E-state index in [0.29, 0.717) is 25.9 Å². The van der Waals surface area contributed by atoms with Crippen LogP contribution in [0.4, 0.5) is 18.4 Å². The Balaban J connectivity index is 0.000000286. The zero-order valence-corrected chi connectivity index (χ0v) is 32.2. The van der Waals surface area contributed by atoms with Gasteiger partial charge in [-0.25, -0.2) is 35.2 Å². The standard InChI is InChI=1S/C17H24FN3O5S.C17H22FN3O4S/c1-17(2,3)26-16(23)20-7-4-8-21(10-9-20)27(24,25)14-11-12(15(19)22)5-6-13(14)18;1-17(2,3)25-16(22)20-7-4-8-21(10-9-20)26(23,24)15-11-13(12-19)5-6-14(15)18/h5-6,11H,4,7-10H2,1-3H3,(H2,19,22);5-6,11H,4,7-10H2,1-3H3. The Morgan fingerprint density at radius 3 is 1.49 bits per heavy atom. The van der Waals surface area contributed by atoms with Crippen molar-refractivity contribution in [2.24, 2.45) is 5.73 Å². The topological polar surface area (TPSA) is 201 Å². The van der Waals surface area contributed by atoms with Crippen molar-refractivity contribution in [2.45, 2.75) is 75.4 Å². The fourth-order valence-corrected chi connectivity index (χ4v) is 8.31. The number of carbonyl (C=O) groups is 3.